The lowest BCUT2D eigenvalue weighted by molar-refractivity contribution is 0.0988. The smallest absolute Gasteiger partial charge is 0.294 e. The average molecular weight is 622 g/mol. The molecule has 1 amide bonds. The molecule has 1 aliphatic rings. The van der Waals surface area contributed by atoms with E-state index in [9.17, 15) is 4.79 Å². The highest BCUT2D eigenvalue weighted by atomic mass is 32.1. The van der Waals surface area contributed by atoms with Gasteiger partial charge in [-0.15, -0.1) is 24.2 Å². The van der Waals surface area contributed by atoms with Gasteiger partial charge in [-0.1, -0.05) is 47.6 Å². The SMILES string of the molecule is C#C.O.O.O.O.O=C(Nc1ccc(-c2sc3ccccc3c2Cc2ccc(OCCN3CCCC3)cc2)cc1)c1ccno1. The van der Waals surface area contributed by atoms with Crippen molar-refractivity contribution >= 4 is 33.0 Å². The maximum atomic E-state index is 12.3. The van der Waals surface area contributed by atoms with E-state index >= 15 is 0 Å². The number of hydrogen-bond acceptors (Lipinski definition) is 6. The van der Waals surface area contributed by atoms with Crippen molar-refractivity contribution in [2.24, 2.45) is 0 Å². The highest BCUT2D eigenvalue weighted by molar-refractivity contribution is 7.22. The molecule has 1 aliphatic heterocycles. The Hall–Kier alpha value is -4.54. The Bertz CT molecular complexity index is 1560. The first-order valence-corrected chi connectivity index (χ1v) is 14.1. The van der Waals surface area contributed by atoms with Crippen LogP contribution in [0.1, 0.15) is 34.5 Å². The molecule has 5 aromatic rings. The summed E-state index contributed by atoms with van der Waals surface area (Å²) in [6.45, 7) is 4.11. The first-order valence-electron chi connectivity index (χ1n) is 13.3. The van der Waals surface area contributed by atoms with Crippen molar-refractivity contribution in [3.63, 3.8) is 0 Å². The largest absolute Gasteiger partial charge is 0.492 e. The number of nitrogens with one attached hydrogen (secondary N) is 1. The van der Waals surface area contributed by atoms with E-state index in [0.717, 1.165) is 30.9 Å². The van der Waals surface area contributed by atoms with Crippen molar-refractivity contribution in [3.8, 4) is 29.0 Å². The van der Waals surface area contributed by atoms with Crippen molar-refractivity contribution in [3.05, 3.63) is 102 Å². The van der Waals surface area contributed by atoms with Gasteiger partial charge in [0.15, 0.2) is 0 Å². The van der Waals surface area contributed by atoms with Gasteiger partial charge in [0, 0.05) is 27.9 Å². The number of rotatable bonds is 9. The Morgan fingerprint density at radius 2 is 1.59 bits per heavy atom. The van der Waals surface area contributed by atoms with Crippen LogP contribution in [0.15, 0.2) is 89.6 Å². The van der Waals surface area contributed by atoms with Gasteiger partial charge in [0.1, 0.15) is 12.4 Å². The molecule has 0 unspecified atom stereocenters. The molecule has 11 heteroatoms. The highest BCUT2D eigenvalue weighted by Gasteiger charge is 2.16. The first kappa shape index (κ1) is 37.5. The number of aromatic nitrogens is 1. The number of nitrogens with zero attached hydrogens (tertiary/aromatic N) is 2. The number of hydrogen-bond donors (Lipinski definition) is 1. The van der Waals surface area contributed by atoms with E-state index in [1.54, 1.807) is 17.4 Å². The Kier molecular flexibility index (Phi) is 15.5. The summed E-state index contributed by atoms with van der Waals surface area (Å²) >= 11 is 1.80. The molecular formula is C33H39N3O7S. The molecule has 3 heterocycles. The van der Waals surface area contributed by atoms with E-state index in [1.165, 1.54) is 58.2 Å². The lowest BCUT2D eigenvalue weighted by Crippen LogP contribution is -2.25. The molecule has 234 valence electrons. The summed E-state index contributed by atoms with van der Waals surface area (Å²) in [4.78, 5) is 16.0. The van der Waals surface area contributed by atoms with Gasteiger partial charge in [-0.25, -0.2) is 0 Å². The normalized spacial score (nSPS) is 11.9. The second kappa shape index (κ2) is 18.2. The number of carbonyl (C=O) groups is 1. The van der Waals surface area contributed by atoms with Gasteiger partial charge >= 0.3 is 0 Å². The lowest BCUT2D eigenvalue weighted by Gasteiger charge is -2.15. The zero-order chi connectivity index (χ0) is 27.7. The second-order valence-corrected chi connectivity index (χ2v) is 10.6. The maximum Gasteiger partial charge on any atom is 0.294 e. The van der Waals surface area contributed by atoms with Crippen LogP contribution < -0.4 is 10.1 Å². The fraction of sp³-hybridized carbons (Fsp3) is 0.212. The van der Waals surface area contributed by atoms with Gasteiger partial charge < -0.3 is 36.5 Å². The molecule has 0 bridgehead atoms. The number of ether oxygens (including phenoxy) is 1. The van der Waals surface area contributed by atoms with Crippen molar-refractivity contribution in [1.29, 1.82) is 0 Å². The Balaban J connectivity index is 0.00000158. The molecule has 0 radical (unpaired) electrons. The number of terminal acetylenes is 1. The summed E-state index contributed by atoms with van der Waals surface area (Å²) in [5.41, 5.74) is 4.39. The van der Waals surface area contributed by atoms with Crippen LogP contribution in [0.5, 0.6) is 5.75 Å². The van der Waals surface area contributed by atoms with Gasteiger partial charge in [-0.2, -0.15) is 0 Å². The van der Waals surface area contributed by atoms with Crippen molar-refractivity contribution < 1.29 is 36.0 Å². The Morgan fingerprint density at radius 3 is 2.25 bits per heavy atom. The molecule has 6 rings (SSSR count). The highest BCUT2D eigenvalue weighted by Crippen LogP contribution is 2.40. The van der Waals surface area contributed by atoms with E-state index in [0.29, 0.717) is 5.69 Å². The molecule has 9 N–H and O–H groups in total. The first-order chi connectivity index (χ1) is 19.7. The van der Waals surface area contributed by atoms with Gasteiger partial charge in [-0.3, -0.25) is 9.69 Å². The molecule has 1 saturated heterocycles. The Morgan fingerprint density at radius 1 is 0.909 bits per heavy atom. The monoisotopic (exact) mass is 621 g/mol. The minimum absolute atomic E-state index is 0. The number of likely N-dealkylation sites (tertiary alicyclic amines) is 1. The van der Waals surface area contributed by atoms with Crippen LogP contribution in [0.2, 0.25) is 0 Å². The molecule has 0 aliphatic carbocycles. The molecule has 3 aromatic carbocycles. The van der Waals surface area contributed by atoms with E-state index in [4.69, 9.17) is 9.26 Å². The quantitative estimate of drug-likeness (QED) is 0.244. The van der Waals surface area contributed by atoms with Crippen molar-refractivity contribution in [2.75, 3.05) is 31.6 Å². The summed E-state index contributed by atoms with van der Waals surface area (Å²) in [5.74, 6) is 0.788. The summed E-state index contributed by atoms with van der Waals surface area (Å²) in [5, 5.41) is 7.73. The van der Waals surface area contributed by atoms with Crippen LogP contribution in [0, 0.1) is 12.8 Å². The van der Waals surface area contributed by atoms with E-state index < -0.39 is 0 Å². The Labute approximate surface area is 260 Å². The van der Waals surface area contributed by atoms with Crippen LogP contribution in [-0.2, 0) is 6.42 Å². The molecule has 44 heavy (non-hydrogen) atoms. The molecule has 2 aromatic heterocycles. The average Bonchev–Trinajstić information content (AvgIpc) is 3.78. The molecule has 1 fully saturated rings. The molecular weight excluding hydrogens is 582 g/mol. The third kappa shape index (κ3) is 8.98. The number of thiophene rings is 1. The fourth-order valence-electron chi connectivity index (χ4n) is 4.94. The van der Waals surface area contributed by atoms with Crippen LogP contribution in [0.25, 0.3) is 20.5 Å². The molecule has 0 atom stereocenters. The summed E-state index contributed by atoms with van der Waals surface area (Å²) in [7, 11) is 0. The minimum atomic E-state index is -0.318. The zero-order valence-electron chi connectivity index (χ0n) is 24.2. The van der Waals surface area contributed by atoms with Crippen molar-refractivity contribution in [1.82, 2.24) is 10.1 Å². The maximum absolute atomic E-state index is 12.3. The predicted molar refractivity (Wildman–Crippen MR) is 176 cm³/mol. The van der Waals surface area contributed by atoms with E-state index in [-0.39, 0.29) is 33.6 Å². The topological polar surface area (TPSA) is 194 Å². The van der Waals surface area contributed by atoms with Crippen LogP contribution in [0.3, 0.4) is 0 Å². The molecule has 10 nitrogen and oxygen atoms in total. The summed E-state index contributed by atoms with van der Waals surface area (Å²) < 4.78 is 12.2. The van der Waals surface area contributed by atoms with Crippen LogP contribution >= 0.6 is 11.3 Å². The third-order valence-electron chi connectivity index (χ3n) is 6.94. The molecule has 0 spiro atoms. The lowest BCUT2D eigenvalue weighted by atomic mass is 9.99. The van der Waals surface area contributed by atoms with Crippen molar-refractivity contribution in [2.45, 2.75) is 19.3 Å². The number of anilines is 1. The number of benzene rings is 3. The fourth-order valence-corrected chi connectivity index (χ4v) is 6.17. The molecule has 0 saturated carbocycles. The van der Waals surface area contributed by atoms with Crippen LogP contribution in [-0.4, -0.2) is 64.1 Å². The van der Waals surface area contributed by atoms with Gasteiger partial charge in [-0.05, 0) is 84.8 Å². The van der Waals surface area contributed by atoms with E-state index in [1.807, 2.05) is 12.1 Å². The van der Waals surface area contributed by atoms with E-state index in [2.05, 4.69) is 88.9 Å². The second-order valence-electron chi connectivity index (χ2n) is 9.53. The van der Waals surface area contributed by atoms with Crippen LogP contribution in [0.4, 0.5) is 5.69 Å². The number of carbonyl (C=O) groups excluding carboxylic acids is 1. The standard InChI is InChI=1S/C31H29N3O3S.C2H2.4H2O/c35-31(28-15-16-32-37-28)33-24-11-9-23(10-12-24)30-27(26-5-1-2-6-29(26)38-30)21-22-7-13-25(14-8-22)36-20-19-34-17-3-4-18-34;1-2;;;;/h1-2,5-16H,3-4,17-21H2,(H,33,35);1-2H;4*1H2. The predicted octanol–water partition coefficient (Wildman–Crippen LogP) is 3.82. The third-order valence-corrected chi connectivity index (χ3v) is 8.21. The minimum Gasteiger partial charge on any atom is -0.492 e. The number of amides is 1. The summed E-state index contributed by atoms with van der Waals surface area (Å²) in [6.07, 6.45) is 12.9. The zero-order valence-corrected chi connectivity index (χ0v) is 25.0. The summed E-state index contributed by atoms with van der Waals surface area (Å²) in [6, 6.07) is 26.6. The number of fused-ring (bicyclic) bond motifs is 1. The van der Waals surface area contributed by atoms with Gasteiger partial charge in [0.25, 0.3) is 5.91 Å². The van der Waals surface area contributed by atoms with Gasteiger partial charge in [0.2, 0.25) is 5.76 Å². The van der Waals surface area contributed by atoms with Gasteiger partial charge in [0.05, 0.1) is 6.20 Å².